The van der Waals surface area contributed by atoms with Gasteiger partial charge in [-0.3, -0.25) is 4.79 Å². The average Bonchev–Trinajstić information content (AvgIpc) is 2.66. The Balaban J connectivity index is 1.43. The third-order valence-corrected chi connectivity index (χ3v) is 4.42. The zero-order valence-electron chi connectivity index (χ0n) is 14.4. The number of hydrogen-bond donors (Lipinski definition) is 1. The summed E-state index contributed by atoms with van der Waals surface area (Å²) in [6.45, 7) is 2.54. The number of ether oxygens (including phenoxy) is 2. The maximum atomic E-state index is 12.1. The molecule has 0 saturated heterocycles. The first-order valence-electron chi connectivity index (χ1n) is 8.43. The number of nitrogens with one attached hydrogen (secondary N) is 1. The van der Waals surface area contributed by atoms with Crippen LogP contribution in [-0.2, 0) is 4.79 Å². The first kappa shape index (κ1) is 18.3. The van der Waals surface area contributed by atoms with Crippen LogP contribution in [0, 0.1) is 0 Å². The third kappa shape index (κ3) is 4.99. The number of benzene rings is 3. The molecule has 0 bridgehead atoms. The van der Waals surface area contributed by atoms with Gasteiger partial charge < -0.3 is 14.8 Å². The fourth-order valence-corrected chi connectivity index (χ4v) is 2.78. The van der Waals surface area contributed by atoms with Crippen molar-refractivity contribution in [1.82, 2.24) is 5.32 Å². The molecule has 3 rings (SSSR count). The summed E-state index contributed by atoms with van der Waals surface area (Å²) in [6.07, 6.45) is -0.572. The lowest BCUT2D eigenvalue weighted by molar-refractivity contribution is -0.127. The van der Waals surface area contributed by atoms with Crippen LogP contribution < -0.4 is 14.8 Å². The number of hydrogen-bond acceptors (Lipinski definition) is 3. The molecule has 0 aliphatic heterocycles. The van der Waals surface area contributed by atoms with Crippen molar-refractivity contribution in [2.75, 3.05) is 13.2 Å². The maximum absolute atomic E-state index is 12.1. The van der Waals surface area contributed by atoms with Crippen LogP contribution in [-0.4, -0.2) is 25.2 Å². The Morgan fingerprint density at radius 3 is 2.46 bits per heavy atom. The topological polar surface area (TPSA) is 47.6 Å². The lowest BCUT2D eigenvalue weighted by atomic mass is 10.1. The van der Waals surface area contributed by atoms with Crippen molar-refractivity contribution in [1.29, 1.82) is 0 Å². The van der Waals surface area contributed by atoms with Crippen LogP contribution in [0.25, 0.3) is 10.8 Å². The van der Waals surface area contributed by atoms with Crippen molar-refractivity contribution in [2.24, 2.45) is 0 Å². The molecule has 0 spiro atoms. The molecule has 1 amide bonds. The molecule has 0 heterocycles. The molecule has 134 valence electrons. The Bertz CT molecular complexity index is 880. The van der Waals surface area contributed by atoms with Crippen LogP contribution in [0.1, 0.15) is 6.92 Å². The van der Waals surface area contributed by atoms with Gasteiger partial charge >= 0.3 is 0 Å². The molecule has 3 aromatic carbocycles. The van der Waals surface area contributed by atoms with E-state index in [9.17, 15) is 4.79 Å². The SMILES string of the molecule is C[C@@H](Oc1ccc(Br)cc1)C(=O)NCCOc1ccc2ccccc2c1. The lowest BCUT2D eigenvalue weighted by Crippen LogP contribution is -2.38. The van der Waals surface area contributed by atoms with Crippen LogP contribution in [0.2, 0.25) is 0 Å². The van der Waals surface area contributed by atoms with E-state index in [-0.39, 0.29) is 5.91 Å². The highest BCUT2D eigenvalue weighted by molar-refractivity contribution is 9.10. The van der Waals surface area contributed by atoms with E-state index >= 15 is 0 Å². The van der Waals surface area contributed by atoms with Crippen molar-refractivity contribution in [3.05, 3.63) is 71.2 Å². The minimum Gasteiger partial charge on any atom is -0.492 e. The molecule has 4 nitrogen and oxygen atoms in total. The van der Waals surface area contributed by atoms with Gasteiger partial charge in [-0.15, -0.1) is 0 Å². The van der Waals surface area contributed by atoms with Gasteiger partial charge in [0.25, 0.3) is 5.91 Å². The molecule has 0 aliphatic rings. The summed E-state index contributed by atoms with van der Waals surface area (Å²) in [5.41, 5.74) is 0. The van der Waals surface area contributed by atoms with Crippen molar-refractivity contribution in [3.63, 3.8) is 0 Å². The molecule has 0 fully saturated rings. The zero-order valence-corrected chi connectivity index (χ0v) is 16.0. The third-order valence-electron chi connectivity index (χ3n) is 3.89. The number of carbonyl (C=O) groups is 1. The number of fused-ring (bicyclic) bond motifs is 1. The number of halogens is 1. The van der Waals surface area contributed by atoms with Gasteiger partial charge in [-0.05, 0) is 54.1 Å². The molecule has 0 saturated carbocycles. The van der Waals surface area contributed by atoms with Crippen molar-refractivity contribution in [2.45, 2.75) is 13.0 Å². The van der Waals surface area contributed by atoms with Crippen LogP contribution in [0.15, 0.2) is 71.2 Å². The van der Waals surface area contributed by atoms with Gasteiger partial charge in [-0.1, -0.05) is 46.3 Å². The summed E-state index contributed by atoms with van der Waals surface area (Å²) in [5.74, 6) is 1.27. The lowest BCUT2D eigenvalue weighted by Gasteiger charge is -2.15. The Hall–Kier alpha value is -2.53. The van der Waals surface area contributed by atoms with Gasteiger partial charge in [0.05, 0.1) is 6.54 Å². The predicted molar refractivity (Wildman–Crippen MR) is 107 cm³/mol. The first-order chi connectivity index (χ1) is 12.6. The van der Waals surface area contributed by atoms with Crippen molar-refractivity contribution >= 4 is 32.6 Å². The minimum absolute atomic E-state index is 0.171. The molecular formula is C21H20BrNO3. The van der Waals surface area contributed by atoms with E-state index in [1.807, 2.05) is 60.7 Å². The molecule has 1 atom stereocenters. The summed E-state index contributed by atoms with van der Waals surface area (Å²) in [6, 6.07) is 21.5. The Morgan fingerprint density at radius 1 is 1.00 bits per heavy atom. The monoisotopic (exact) mass is 413 g/mol. The minimum atomic E-state index is -0.572. The van der Waals surface area contributed by atoms with Gasteiger partial charge in [-0.25, -0.2) is 0 Å². The summed E-state index contributed by atoms with van der Waals surface area (Å²) in [7, 11) is 0. The van der Waals surface area contributed by atoms with E-state index in [0.29, 0.717) is 18.9 Å². The summed E-state index contributed by atoms with van der Waals surface area (Å²) < 4.78 is 12.3. The van der Waals surface area contributed by atoms with E-state index in [1.54, 1.807) is 6.92 Å². The summed E-state index contributed by atoms with van der Waals surface area (Å²) >= 11 is 3.37. The molecule has 1 N–H and O–H groups in total. The maximum Gasteiger partial charge on any atom is 0.260 e. The number of amides is 1. The van der Waals surface area contributed by atoms with E-state index in [2.05, 4.69) is 27.3 Å². The van der Waals surface area contributed by atoms with Gasteiger partial charge in [-0.2, -0.15) is 0 Å². The smallest absolute Gasteiger partial charge is 0.260 e. The quantitative estimate of drug-likeness (QED) is 0.577. The van der Waals surface area contributed by atoms with Crippen molar-refractivity contribution in [3.8, 4) is 11.5 Å². The molecule has 3 aromatic rings. The van der Waals surface area contributed by atoms with Gasteiger partial charge in [0.2, 0.25) is 0 Å². The molecule has 0 aromatic heterocycles. The zero-order chi connectivity index (χ0) is 18.4. The second-order valence-corrected chi connectivity index (χ2v) is 6.78. The Labute approximate surface area is 161 Å². The molecule has 5 heteroatoms. The highest BCUT2D eigenvalue weighted by atomic mass is 79.9. The first-order valence-corrected chi connectivity index (χ1v) is 9.23. The normalized spacial score (nSPS) is 11.8. The summed E-state index contributed by atoms with van der Waals surface area (Å²) in [4.78, 5) is 12.1. The largest absolute Gasteiger partial charge is 0.492 e. The molecule has 0 radical (unpaired) electrons. The van der Waals surface area contributed by atoms with Gasteiger partial charge in [0.15, 0.2) is 6.10 Å². The fourth-order valence-electron chi connectivity index (χ4n) is 2.51. The Morgan fingerprint density at radius 2 is 1.69 bits per heavy atom. The number of rotatable bonds is 7. The van der Waals surface area contributed by atoms with E-state index < -0.39 is 6.10 Å². The Kier molecular flexibility index (Phi) is 6.12. The standard InChI is InChI=1S/C21H20BrNO3/c1-15(26-19-10-7-18(22)8-11-19)21(24)23-12-13-25-20-9-6-16-4-2-3-5-17(16)14-20/h2-11,14-15H,12-13H2,1H3,(H,23,24)/t15-/m1/s1. The second-order valence-electron chi connectivity index (χ2n) is 5.86. The fraction of sp³-hybridized carbons (Fsp3) is 0.190. The molecular weight excluding hydrogens is 394 g/mol. The van der Waals surface area contributed by atoms with E-state index in [0.717, 1.165) is 15.6 Å². The highest BCUT2D eigenvalue weighted by Gasteiger charge is 2.14. The second kappa shape index (κ2) is 8.72. The van der Waals surface area contributed by atoms with E-state index in [4.69, 9.17) is 9.47 Å². The average molecular weight is 414 g/mol. The summed E-state index contributed by atoms with van der Waals surface area (Å²) in [5, 5.41) is 5.13. The van der Waals surface area contributed by atoms with E-state index in [1.165, 1.54) is 5.39 Å². The van der Waals surface area contributed by atoms with Crippen LogP contribution in [0.5, 0.6) is 11.5 Å². The molecule has 0 aliphatic carbocycles. The molecule has 0 unspecified atom stereocenters. The predicted octanol–water partition coefficient (Wildman–Crippen LogP) is 4.56. The van der Waals surface area contributed by atoms with Crippen LogP contribution in [0.4, 0.5) is 0 Å². The number of carbonyl (C=O) groups excluding carboxylic acids is 1. The van der Waals surface area contributed by atoms with Gasteiger partial charge in [0.1, 0.15) is 18.1 Å². The van der Waals surface area contributed by atoms with Crippen molar-refractivity contribution < 1.29 is 14.3 Å². The van der Waals surface area contributed by atoms with Crippen LogP contribution in [0.3, 0.4) is 0 Å². The molecule has 26 heavy (non-hydrogen) atoms. The van der Waals surface area contributed by atoms with Crippen LogP contribution >= 0.6 is 15.9 Å². The van der Waals surface area contributed by atoms with Gasteiger partial charge in [0, 0.05) is 4.47 Å². The highest BCUT2D eigenvalue weighted by Crippen LogP contribution is 2.20.